The molecule has 4 aliphatic rings. The lowest BCUT2D eigenvalue weighted by Gasteiger charge is -2.26. The number of hydrogen-bond donors (Lipinski definition) is 2. The minimum atomic E-state index is -1.43. The summed E-state index contributed by atoms with van der Waals surface area (Å²) in [5.41, 5.74) is 2.94. The van der Waals surface area contributed by atoms with Gasteiger partial charge in [-0.3, -0.25) is 19.2 Å². The minimum Gasteiger partial charge on any atom is -0.377 e. The third-order valence-electron chi connectivity index (χ3n) is 12.2. The molecule has 344 valence electrons. The molecule has 2 aromatic carbocycles. The van der Waals surface area contributed by atoms with Crippen LogP contribution in [-0.4, -0.2) is 121 Å². The Balaban J connectivity index is 0.759. The number of halogens is 4. The van der Waals surface area contributed by atoms with Gasteiger partial charge >= 0.3 is 0 Å². The topological polar surface area (TPSA) is 152 Å². The number of amides is 4. The first kappa shape index (κ1) is 45.8. The van der Waals surface area contributed by atoms with Gasteiger partial charge in [0.05, 0.1) is 63.0 Å². The molecular weight excluding hydrogens is 849 g/mol. The molecule has 0 radical (unpaired) electrons. The summed E-state index contributed by atoms with van der Waals surface area (Å²) in [5, 5.41) is 5.75. The zero-order valence-electron chi connectivity index (χ0n) is 35.8. The van der Waals surface area contributed by atoms with E-state index in [0.717, 1.165) is 35.5 Å². The molecule has 65 heavy (non-hydrogen) atoms. The summed E-state index contributed by atoms with van der Waals surface area (Å²) in [6, 6.07) is 20.6. The molecule has 2 aliphatic heterocycles. The molecule has 6 atom stereocenters. The molecule has 4 aromatic rings. The lowest BCUT2D eigenvalue weighted by atomic mass is 10.0. The predicted molar refractivity (Wildman–Crippen MR) is 228 cm³/mol. The van der Waals surface area contributed by atoms with Crippen LogP contribution in [-0.2, 0) is 33.4 Å². The molecule has 4 amide bonds. The molecule has 17 heteroatoms. The van der Waals surface area contributed by atoms with Crippen LogP contribution in [0.1, 0.15) is 96.1 Å². The van der Waals surface area contributed by atoms with E-state index >= 15 is 0 Å². The van der Waals surface area contributed by atoms with Crippen LogP contribution in [0.5, 0.6) is 0 Å². The number of nitrogens with one attached hydrogen (secondary N) is 2. The number of alkyl halides is 2. The SMILES string of the molecule is O=C(N[C@@H](c1ccccc1)c1ccc(C2CC2)c(F)n1)[C@@H]1C[C@@H](F)CN1C(=O)COCCOCCOCC(=O)N1C[C@H](F)C[C@H]1C(=O)N[C@@H](c1ccccc1)c1ccc(C2CC2)c(F)n1. The summed E-state index contributed by atoms with van der Waals surface area (Å²) in [7, 11) is 0. The van der Waals surface area contributed by atoms with E-state index in [1.165, 1.54) is 0 Å². The van der Waals surface area contributed by atoms with Gasteiger partial charge in [-0.05, 0) is 60.8 Å². The number of pyridine rings is 2. The van der Waals surface area contributed by atoms with Gasteiger partial charge in [-0.25, -0.2) is 18.7 Å². The Morgan fingerprint density at radius 3 is 1.32 bits per heavy atom. The molecular formula is C48H52F4N6O7. The molecule has 0 spiro atoms. The molecule has 4 fully saturated rings. The fourth-order valence-electron chi connectivity index (χ4n) is 8.50. The van der Waals surface area contributed by atoms with Crippen molar-refractivity contribution in [2.75, 3.05) is 52.7 Å². The highest BCUT2D eigenvalue weighted by Crippen LogP contribution is 2.42. The molecule has 0 bridgehead atoms. The van der Waals surface area contributed by atoms with Gasteiger partial charge in [0.1, 0.15) is 37.6 Å². The van der Waals surface area contributed by atoms with Crippen molar-refractivity contribution in [3.8, 4) is 0 Å². The Morgan fingerprint density at radius 1 is 0.569 bits per heavy atom. The second kappa shape index (κ2) is 21.0. The van der Waals surface area contributed by atoms with Crippen molar-refractivity contribution in [2.45, 2.75) is 86.9 Å². The molecule has 2 saturated carbocycles. The molecule has 0 unspecified atom stereocenters. The van der Waals surface area contributed by atoms with Crippen molar-refractivity contribution in [3.05, 3.63) is 130 Å². The first-order chi connectivity index (χ1) is 31.5. The molecule has 2 aromatic heterocycles. The first-order valence-electron chi connectivity index (χ1n) is 22.2. The molecule has 2 aliphatic carbocycles. The average Bonchev–Trinajstić information content (AvgIpc) is 4.25. The van der Waals surface area contributed by atoms with Crippen LogP contribution in [0.4, 0.5) is 17.6 Å². The van der Waals surface area contributed by atoms with Gasteiger partial charge in [-0.2, -0.15) is 8.78 Å². The van der Waals surface area contributed by atoms with E-state index in [1.54, 1.807) is 84.9 Å². The average molecular weight is 901 g/mol. The van der Waals surface area contributed by atoms with Crippen molar-refractivity contribution in [2.24, 2.45) is 0 Å². The van der Waals surface area contributed by atoms with E-state index in [0.29, 0.717) is 22.3 Å². The lowest BCUT2D eigenvalue weighted by molar-refractivity contribution is -0.143. The molecule has 2 N–H and O–H groups in total. The van der Waals surface area contributed by atoms with Crippen molar-refractivity contribution >= 4 is 23.6 Å². The zero-order chi connectivity index (χ0) is 45.5. The van der Waals surface area contributed by atoms with Crippen molar-refractivity contribution in [3.63, 3.8) is 0 Å². The molecule has 8 rings (SSSR count). The van der Waals surface area contributed by atoms with Crippen LogP contribution in [0, 0.1) is 11.9 Å². The summed E-state index contributed by atoms with van der Waals surface area (Å²) in [6.07, 6.45) is 0.308. The lowest BCUT2D eigenvalue weighted by Crippen LogP contribution is -2.48. The zero-order valence-corrected chi connectivity index (χ0v) is 35.8. The number of likely N-dealkylation sites (tertiary alicyclic amines) is 2. The molecule has 13 nitrogen and oxygen atoms in total. The van der Waals surface area contributed by atoms with Gasteiger partial charge in [0.2, 0.25) is 35.5 Å². The molecule has 2 saturated heterocycles. The fourth-order valence-corrected chi connectivity index (χ4v) is 8.50. The Hall–Kier alpha value is -5.78. The van der Waals surface area contributed by atoms with Crippen LogP contribution >= 0.6 is 0 Å². The van der Waals surface area contributed by atoms with Crippen LogP contribution in [0.2, 0.25) is 0 Å². The van der Waals surface area contributed by atoms with E-state index in [-0.39, 0.29) is 75.6 Å². The van der Waals surface area contributed by atoms with Crippen molar-refractivity contribution in [1.29, 1.82) is 0 Å². The Kier molecular flexibility index (Phi) is 14.8. The Morgan fingerprint density at radius 2 is 0.954 bits per heavy atom. The Labute approximate surface area is 374 Å². The van der Waals surface area contributed by atoms with E-state index in [4.69, 9.17) is 14.2 Å². The second-order valence-electron chi connectivity index (χ2n) is 17.0. The number of hydrogen-bond acceptors (Lipinski definition) is 9. The third kappa shape index (κ3) is 11.6. The highest BCUT2D eigenvalue weighted by atomic mass is 19.1. The largest absolute Gasteiger partial charge is 0.377 e. The maximum atomic E-state index is 15.0. The van der Waals surface area contributed by atoms with Crippen LogP contribution in [0.25, 0.3) is 0 Å². The number of ether oxygens (including phenoxy) is 3. The van der Waals surface area contributed by atoms with Crippen LogP contribution in [0.15, 0.2) is 84.9 Å². The number of carbonyl (C=O) groups is 4. The van der Waals surface area contributed by atoms with Gasteiger partial charge in [0.25, 0.3) is 0 Å². The highest BCUT2D eigenvalue weighted by Gasteiger charge is 2.42. The highest BCUT2D eigenvalue weighted by molar-refractivity contribution is 5.90. The van der Waals surface area contributed by atoms with Crippen LogP contribution < -0.4 is 10.6 Å². The predicted octanol–water partition coefficient (Wildman–Crippen LogP) is 5.55. The molecule has 4 heterocycles. The van der Waals surface area contributed by atoms with Gasteiger partial charge in [-0.1, -0.05) is 72.8 Å². The summed E-state index contributed by atoms with van der Waals surface area (Å²) < 4.78 is 75.9. The Bertz CT molecular complexity index is 2150. The third-order valence-corrected chi connectivity index (χ3v) is 12.2. The number of aromatic nitrogens is 2. The standard InChI is InChI=1S/C48H52F4N6O7/c49-33-23-39(47(61)55-43(31-7-3-1-4-8-31)37-17-15-35(29-11-12-29)45(51)53-37)57(25-33)41(59)27-64-21-19-63-20-22-65-28-42(60)58-26-34(50)24-40(58)48(62)56-44(32-9-5-2-6-10-32)38-18-16-36(30-13-14-30)46(52)54-38/h1-10,15-18,29-30,33-34,39-40,43-44H,11-14,19-28H2,(H,55,61)(H,56,62)/t33-,34-,39+,40+,43+,44+/m1/s1. The van der Waals surface area contributed by atoms with Crippen molar-refractivity contribution in [1.82, 2.24) is 30.4 Å². The number of carbonyl (C=O) groups excluding carboxylic acids is 4. The van der Waals surface area contributed by atoms with Gasteiger partial charge in [-0.15, -0.1) is 0 Å². The van der Waals surface area contributed by atoms with Crippen LogP contribution in [0.3, 0.4) is 0 Å². The number of nitrogens with zero attached hydrogens (tertiary/aromatic N) is 4. The minimum absolute atomic E-state index is 0.0160. The van der Waals surface area contributed by atoms with E-state index < -0.39 is 85.2 Å². The summed E-state index contributed by atoms with van der Waals surface area (Å²) in [5.74, 6) is -3.27. The quantitative estimate of drug-likeness (QED) is 0.0662. The van der Waals surface area contributed by atoms with Gasteiger partial charge < -0.3 is 34.6 Å². The second-order valence-corrected chi connectivity index (χ2v) is 17.0. The fraction of sp³-hybridized carbons (Fsp3) is 0.458. The number of benzene rings is 2. The first-order valence-corrected chi connectivity index (χ1v) is 22.2. The maximum absolute atomic E-state index is 15.0. The normalized spacial score (nSPS) is 21.5. The number of rotatable bonds is 20. The summed E-state index contributed by atoms with van der Waals surface area (Å²) in [4.78, 5) is 64.3. The van der Waals surface area contributed by atoms with E-state index in [9.17, 15) is 36.7 Å². The van der Waals surface area contributed by atoms with Gasteiger partial charge in [0, 0.05) is 24.0 Å². The smallest absolute Gasteiger partial charge is 0.249 e. The van der Waals surface area contributed by atoms with E-state index in [1.807, 2.05) is 0 Å². The van der Waals surface area contributed by atoms with E-state index in [2.05, 4.69) is 20.6 Å². The monoisotopic (exact) mass is 900 g/mol. The van der Waals surface area contributed by atoms with Crippen molar-refractivity contribution < 1.29 is 51.0 Å². The summed E-state index contributed by atoms with van der Waals surface area (Å²) in [6.45, 7) is -1.39. The summed E-state index contributed by atoms with van der Waals surface area (Å²) >= 11 is 0. The maximum Gasteiger partial charge on any atom is 0.249 e. The van der Waals surface area contributed by atoms with Gasteiger partial charge in [0.15, 0.2) is 0 Å².